The fourth-order valence-corrected chi connectivity index (χ4v) is 3.76. The SMILES string of the molecule is Clc1nc(-c2ccccccccc2)nc(C2CCCCCCCCC2)n1. The van der Waals surface area contributed by atoms with Gasteiger partial charge in [-0.25, -0.2) is 9.97 Å². The maximum atomic E-state index is 6.29. The normalized spacial score (nSPS) is 16.3. The Labute approximate surface area is 167 Å². The molecule has 1 heterocycles. The molecule has 142 valence electrons. The minimum absolute atomic E-state index is 0.290. The van der Waals surface area contributed by atoms with Crippen LogP contribution in [0, 0.1) is 0 Å². The van der Waals surface area contributed by atoms with Gasteiger partial charge in [0.2, 0.25) is 5.28 Å². The minimum atomic E-state index is 0.290. The number of rotatable bonds is 2. The van der Waals surface area contributed by atoms with Crippen molar-refractivity contribution in [3.8, 4) is 11.4 Å². The molecule has 1 aliphatic rings. The van der Waals surface area contributed by atoms with E-state index in [0.717, 1.165) is 24.2 Å². The molecule has 1 fully saturated rings. The highest BCUT2D eigenvalue weighted by molar-refractivity contribution is 6.28. The van der Waals surface area contributed by atoms with E-state index in [2.05, 4.69) is 9.97 Å². The summed E-state index contributed by atoms with van der Waals surface area (Å²) in [5.41, 5.74) is 0.941. The third-order valence-corrected chi connectivity index (χ3v) is 5.24. The quantitative estimate of drug-likeness (QED) is 0.566. The van der Waals surface area contributed by atoms with Crippen molar-refractivity contribution in [3.05, 3.63) is 65.7 Å². The summed E-state index contributed by atoms with van der Waals surface area (Å²) >= 11 is 6.29. The van der Waals surface area contributed by atoms with Crippen LogP contribution in [0.4, 0.5) is 0 Å². The van der Waals surface area contributed by atoms with Gasteiger partial charge in [0.25, 0.3) is 0 Å². The molecule has 0 spiro atoms. The molecule has 0 aliphatic heterocycles. The lowest BCUT2D eigenvalue weighted by Gasteiger charge is -2.17. The fourth-order valence-electron chi connectivity index (χ4n) is 3.59. The summed E-state index contributed by atoms with van der Waals surface area (Å²) < 4.78 is 0. The van der Waals surface area contributed by atoms with Crippen LogP contribution in [-0.4, -0.2) is 15.0 Å². The topological polar surface area (TPSA) is 38.7 Å². The third kappa shape index (κ3) is 6.59. The monoisotopic (exact) mass is 381 g/mol. The van der Waals surface area contributed by atoms with E-state index < -0.39 is 0 Å². The molecule has 1 saturated carbocycles. The van der Waals surface area contributed by atoms with E-state index in [4.69, 9.17) is 16.6 Å². The number of aromatic nitrogens is 3. The van der Waals surface area contributed by atoms with Crippen LogP contribution in [0.3, 0.4) is 0 Å². The number of nitrogens with zero attached hydrogens (tertiary/aromatic N) is 3. The van der Waals surface area contributed by atoms with E-state index in [-0.39, 0.29) is 5.28 Å². The van der Waals surface area contributed by atoms with Gasteiger partial charge in [-0.05, 0) is 24.4 Å². The molecule has 1 aromatic heterocycles. The second kappa shape index (κ2) is 11.0. The zero-order valence-corrected chi connectivity index (χ0v) is 16.6. The van der Waals surface area contributed by atoms with Crippen molar-refractivity contribution < 1.29 is 0 Å². The van der Waals surface area contributed by atoms with Crippen LogP contribution in [0.1, 0.15) is 69.5 Å². The van der Waals surface area contributed by atoms with Crippen LogP contribution >= 0.6 is 11.6 Å². The summed E-state index contributed by atoms with van der Waals surface area (Å²) in [6.07, 6.45) is 11.5. The van der Waals surface area contributed by atoms with E-state index in [9.17, 15) is 0 Å². The summed E-state index contributed by atoms with van der Waals surface area (Å²) in [4.78, 5) is 13.7. The van der Waals surface area contributed by atoms with E-state index in [0.29, 0.717) is 11.7 Å². The van der Waals surface area contributed by atoms with Gasteiger partial charge >= 0.3 is 0 Å². The van der Waals surface area contributed by atoms with Gasteiger partial charge in [0.15, 0.2) is 5.82 Å². The highest BCUT2D eigenvalue weighted by Crippen LogP contribution is 2.29. The molecule has 0 bridgehead atoms. The van der Waals surface area contributed by atoms with Crippen LogP contribution in [0.5, 0.6) is 0 Å². The van der Waals surface area contributed by atoms with E-state index in [1.807, 2.05) is 54.6 Å². The Morgan fingerprint density at radius 1 is 0.630 bits per heavy atom. The van der Waals surface area contributed by atoms with Gasteiger partial charge in [-0.1, -0.05) is 99.5 Å². The Balaban J connectivity index is 1.91. The van der Waals surface area contributed by atoms with Gasteiger partial charge in [-0.2, -0.15) is 4.98 Å². The highest BCUT2D eigenvalue weighted by atomic mass is 35.5. The van der Waals surface area contributed by atoms with Crippen molar-refractivity contribution in [2.24, 2.45) is 0 Å². The van der Waals surface area contributed by atoms with Gasteiger partial charge in [-0.15, -0.1) is 0 Å². The van der Waals surface area contributed by atoms with Crippen LogP contribution in [-0.2, 0) is 0 Å². The Kier molecular flexibility index (Phi) is 8.03. The molecule has 4 heteroatoms. The smallest absolute Gasteiger partial charge is 0.213 e. The molecular formula is C23H28ClN3. The number of hydrogen-bond donors (Lipinski definition) is 0. The van der Waals surface area contributed by atoms with Crippen LogP contribution in [0.15, 0.2) is 54.6 Å². The first-order valence-corrected chi connectivity index (χ1v) is 10.5. The lowest BCUT2D eigenvalue weighted by molar-refractivity contribution is 0.450. The molecule has 3 rings (SSSR count). The first-order chi connectivity index (χ1) is 13.3. The molecule has 0 radical (unpaired) electrons. The summed E-state index contributed by atoms with van der Waals surface area (Å²) in [7, 11) is 0. The molecule has 0 atom stereocenters. The number of hydrogen-bond acceptors (Lipinski definition) is 3. The molecule has 27 heavy (non-hydrogen) atoms. The van der Waals surface area contributed by atoms with Gasteiger partial charge in [-0.3, -0.25) is 0 Å². The number of halogens is 1. The summed E-state index contributed by atoms with van der Waals surface area (Å²) in [5, 5.41) is 0.290. The summed E-state index contributed by atoms with van der Waals surface area (Å²) in [5.74, 6) is 1.89. The second-order valence-electron chi connectivity index (χ2n) is 7.17. The molecule has 1 aliphatic carbocycles. The van der Waals surface area contributed by atoms with E-state index >= 15 is 0 Å². The van der Waals surface area contributed by atoms with Gasteiger partial charge < -0.3 is 0 Å². The first-order valence-electron chi connectivity index (χ1n) is 10.1. The Hall–Kier alpha value is -2.00. The zero-order valence-electron chi connectivity index (χ0n) is 15.9. The predicted molar refractivity (Wildman–Crippen MR) is 112 cm³/mol. The van der Waals surface area contributed by atoms with Crippen molar-refractivity contribution in [2.45, 2.75) is 63.7 Å². The molecule has 0 unspecified atom stereocenters. The first kappa shape index (κ1) is 19.8. The van der Waals surface area contributed by atoms with Crippen LogP contribution < -0.4 is 0 Å². The Morgan fingerprint density at radius 3 is 1.74 bits per heavy atom. The van der Waals surface area contributed by atoms with Crippen molar-refractivity contribution in [3.63, 3.8) is 0 Å². The third-order valence-electron chi connectivity index (χ3n) is 5.07. The van der Waals surface area contributed by atoms with E-state index in [1.165, 1.54) is 44.9 Å². The summed E-state index contributed by atoms with van der Waals surface area (Å²) in [6.45, 7) is 0. The highest BCUT2D eigenvalue weighted by Gasteiger charge is 2.18. The minimum Gasteiger partial charge on any atom is -0.213 e. The molecule has 1 aromatic carbocycles. The summed E-state index contributed by atoms with van der Waals surface area (Å²) in [6, 6.07) is 18.0. The molecule has 2 aromatic rings. The largest absolute Gasteiger partial charge is 0.226 e. The van der Waals surface area contributed by atoms with Crippen LogP contribution in [0.2, 0.25) is 5.28 Å². The second-order valence-corrected chi connectivity index (χ2v) is 7.51. The average Bonchev–Trinajstić information content (AvgIpc) is 2.69. The molecule has 0 amide bonds. The maximum absolute atomic E-state index is 6.29. The van der Waals surface area contributed by atoms with Crippen molar-refractivity contribution >= 4 is 11.6 Å². The van der Waals surface area contributed by atoms with Crippen molar-refractivity contribution in [1.82, 2.24) is 15.0 Å². The molecule has 3 nitrogen and oxygen atoms in total. The molecular weight excluding hydrogens is 354 g/mol. The Bertz CT molecular complexity index is 742. The lowest BCUT2D eigenvalue weighted by Crippen LogP contribution is -2.08. The fraction of sp³-hybridized carbons (Fsp3) is 0.435. The van der Waals surface area contributed by atoms with Gasteiger partial charge in [0.05, 0.1) is 0 Å². The standard InChI is InChI=1S/C23H28ClN3/c24-23-26-21(19-15-11-7-3-1-4-8-12-16-19)25-22(27-23)20-17-13-9-5-2-6-10-14-18-20/h1,3-4,7-8,11-12,15-16,20H,2,5-6,9-10,13-14,17-18H2. The molecule has 0 N–H and O–H groups in total. The predicted octanol–water partition coefficient (Wildman–Crippen LogP) is 6.92. The van der Waals surface area contributed by atoms with Crippen molar-refractivity contribution in [2.75, 3.05) is 0 Å². The average molecular weight is 382 g/mol. The van der Waals surface area contributed by atoms with Crippen LogP contribution in [0.25, 0.3) is 11.4 Å². The lowest BCUT2D eigenvalue weighted by atomic mass is 9.91. The zero-order chi connectivity index (χ0) is 18.7. The van der Waals surface area contributed by atoms with Crippen molar-refractivity contribution in [1.29, 1.82) is 0 Å². The van der Waals surface area contributed by atoms with Gasteiger partial charge in [0.1, 0.15) is 5.82 Å². The maximum Gasteiger partial charge on any atom is 0.226 e. The van der Waals surface area contributed by atoms with E-state index in [1.54, 1.807) is 0 Å². The Morgan fingerprint density at radius 2 is 1.15 bits per heavy atom. The molecule has 0 saturated heterocycles. The van der Waals surface area contributed by atoms with Gasteiger partial charge in [0, 0.05) is 11.5 Å².